The molecule has 0 radical (unpaired) electrons. The van der Waals surface area contributed by atoms with Gasteiger partial charge in [-0.05, 0) is 72.5 Å². The van der Waals surface area contributed by atoms with Crippen LogP contribution in [0.5, 0.6) is 11.5 Å². The molecule has 0 aliphatic heterocycles. The zero-order chi connectivity index (χ0) is 27.4. The van der Waals surface area contributed by atoms with Crippen LogP contribution in [0.15, 0.2) is 83.6 Å². The molecule has 0 spiro atoms. The highest BCUT2D eigenvalue weighted by Gasteiger charge is 2.05. The van der Waals surface area contributed by atoms with Crippen LogP contribution in [-0.4, -0.2) is 30.0 Å². The van der Waals surface area contributed by atoms with Crippen molar-refractivity contribution in [2.24, 2.45) is 0 Å². The summed E-state index contributed by atoms with van der Waals surface area (Å²) in [6.07, 6.45) is 2.94. The fraction of sp³-hybridized carbons (Fsp3) is 0.214. The molecule has 0 fully saturated rings. The minimum Gasteiger partial charge on any atom is -0.489 e. The van der Waals surface area contributed by atoms with Crippen molar-refractivity contribution in [3.63, 3.8) is 0 Å². The van der Waals surface area contributed by atoms with E-state index in [0.29, 0.717) is 35.8 Å². The maximum atomic E-state index is 11.6. The van der Waals surface area contributed by atoms with Crippen LogP contribution < -0.4 is 9.47 Å². The first-order valence-electron chi connectivity index (χ1n) is 11.9. The average molecular weight is 559 g/mol. The van der Waals surface area contributed by atoms with E-state index in [1.54, 1.807) is 62.4 Å². The van der Waals surface area contributed by atoms with Gasteiger partial charge in [-0.15, -0.1) is 0 Å². The molecule has 10 heteroatoms. The second kappa shape index (κ2) is 13.9. The Bertz CT molecular complexity index is 1310. The Morgan fingerprint density at radius 2 is 0.895 bits per heavy atom. The molecule has 3 aromatic rings. The molecule has 3 rings (SSSR count). The number of benzene rings is 3. The second-order valence-corrected chi connectivity index (χ2v) is 10.9. The van der Waals surface area contributed by atoms with E-state index in [9.17, 15) is 16.8 Å². The number of ether oxygens (including phenoxy) is 2. The SMILES string of the molecule is CCOS(=O)(=O)/C=C/c1ccc(OCc2ccc(COc3ccc(/C=C/S(=O)(=O)OCC)cc3)cc2)cc1. The van der Waals surface area contributed by atoms with Crippen molar-refractivity contribution in [3.05, 3.63) is 106 Å². The fourth-order valence-corrected chi connectivity index (χ4v) is 4.61. The van der Waals surface area contributed by atoms with Crippen molar-refractivity contribution in [2.45, 2.75) is 27.1 Å². The fourth-order valence-electron chi connectivity index (χ4n) is 3.15. The highest BCUT2D eigenvalue weighted by Crippen LogP contribution is 2.18. The number of hydrogen-bond acceptors (Lipinski definition) is 8. The summed E-state index contributed by atoms with van der Waals surface area (Å²) in [7, 11) is -7.33. The van der Waals surface area contributed by atoms with Gasteiger partial charge >= 0.3 is 0 Å². The summed E-state index contributed by atoms with van der Waals surface area (Å²) in [6.45, 7) is 4.17. The van der Waals surface area contributed by atoms with Crippen molar-refractivity contribution in [1.82, 2.24) is 0 Å². The maximum absolute atomic E-state index is 11.6. The summed E-state index contributed by atoms with van der Waals surface area (Å²) in [5, 5.41) is 2.06. The molecule has 0 bridgehead atoms. The van der Waals surface area contributed by atoms with Gasteiger partial charge in [0.25, 0.3) is 20.2 Å². The quantitative estimate of drug-likeness (QED) is 0.238. The van der Waals surface area contributed by atoms with Crippen LogP contribution in [0.25, 0.3) is 12.2 Å². The molecule has 0 saturated heterocycles. The van der Waals surface area contributed by atoms with Gasteiger partial charge in [-0.3, -0.25) is 8.37 Å². The van der Waals surface area contributed by atoms with Crippen molar-refractivity contribution >= 4 is 32.4 Å². The lowest BCUT2D eigenvalue weighted by Crippen LogP contribution is -2.00. The van der Waals surface area contributed by atoms with E-state index in [4.69, 9.17) is 9.47 Å². The topological polar surface area (TPSA) is 105 Å². The Morgan fingerprint density at radius 1 is 0.553 bits per heavy atom. The van der Waals surface area contributed by atoms with E-state index < -0.39 is 20.2 Å². The summed E-state index contributed by atoms with van der Waals surface area (Å²) >= 11 is 0. The predicted molar refractivity (Wildman–Crippen MR) is 147 cm³/mol. The third-order valence-corrected chi connectivity index (χ3v) is 7.08. The molecule has 3 aromatic carbocycles. The molecular weight excluding hydrogens is 528 g/mol. The van der Waals surface area contributed by atoms with Gasteiger partial charge in [0.15, 0.2) is 0 Å². The molecule has 0 amide bonds. The van der Waals surface area contributed by atoms with Crippen LogP contribution in [-0.2, 0) is 41.8 Å². The Balaban J connectivity index is 1.46. The molecule has 0 unspecified atom stereocenters. The molecular formula is C28H30O8S2. The van der Waals surface area contributed by atoms with Crippen LogP contribution in [0.4, 0.5) is 0 Å². The molecule has 0 aliphatic rings. The molecule has 0 saturated carbocycles. The van der Waals surface area contributed by atoms with Gasteiger partial charge in [0.2, 0.25) is 0 Å². The lowest BCUT2D eigenvalue weighted by Gasteiger charge is -2.09. The maximum Gasteiger partial charge on any atom is 0.290 e. The minimum absolute atomic E-state index is 0.0899. The third-order valence-electron chi connectivity index (χ3n) is 5.01. The van der Waals surface area contributed by atoms with Gasteiger partial charge in [-0.25, -0.2) is 0 Å². The third kappa shape index (κ3) is 10.1. The number of hydrogen-bond donors (Lipinski definition) is 0. The standard InChI is InChI=1S/C28H30O8S2/c1-3-35-37(29,30)19-17-23-9-13-27(14-10-23)33-21-25-5-7-26(8-6-25)22-34-28-15-11-24(12-16-28)18-20-38(31,32)36-4-2/h5-20H,3-4,21-22H2,1-2H3/b19-17+,20-18+. The van der Waals surface area contributed by atoms with E-state index in [1.165, 1.54) is 12.2 Å². The molecule has 0 aliphatic carbocycles. The minimum atomic E-state index is -3.67. The highest BCUT2D eigenvalue weighted by atomic mass is 32.2. The van der Waals surface area contributed by atoms with Crippen LogP contribution in [0.3, 0.4) is 0 Å². The summed E-state index contributed by atoms with van der Waals surface area (Å²) < 4.78 is 67.3. The van der Waals surface area contributed by atoms with Crippen molar-refractivity contribution in [2.75, 3.05) is 13.2 Å². The summed E-state index contributed by atoms with van der Waals surface area (Å²) in [6, 6.07) is 22.0. The van der Waals surface area contributed by atoms with Gasteiger partial charge < -0.3 is 9.47 Å². The van der Waals surface area contributed by atoms with Crippen LogP contribution in [0.2, 0.25) is 0 Å². The molecule has 0 aromatic heterocycles. The summed E-state index contributed by atoms with van der Waals surface area (Å²) in [5.74, 6) is 1.33. The smallest absolute Gasteiger partial charge is 0.290 e. The van der Waals surface area contributed by atoms with Gasteiger partial charge in [-0.2, -0.15) is 16.8 Å². The molecule has 38 heavy (non-hydrogen) atoms. The molecule has 0 atom stereocenters. The van der Waals surface area contributed by atoms with E-state index in [1.807, 2.05) is 24.3 Å². The van der Waals surface area contributed by atoms with Crippen molar-refractivity contribution < 1.29 is 34.7 Å². The molecule has 8 nitrogen and oxygen atoms in total. The lowest BCUT2D eigenvalue weighted by molar-refractivity contribution is 0.302. The first kappa shape index (κ1) is 29.1. The summed E-state index contributed by atoms with van der Waals surface area (Å²) in [5.41, 5.74) is 3.40. The van der Waals surface area contributed by atoms with E-state index in [-0.39, 0.29) is 13.2 Å². The normalized spacial score (nSPS) is 12.3. The van der Waals surface area contributed by atoms with Gasteiger partial charge in [0.1, 0.15) is 24.7 Å². The lowest BCUT2D eigenvalue weighted by atomic mass is 10.1. The van der Waals surface area contributed by atoms with Gasteiger partial charge in [0, 0.05) is 0 Å². The Kier molecular flexibility index (Phi) is 10.7. The zero-order valence-corrected chi connectivity index (χ0v) is 22.8. The van der Waals surface area contributed by atoms with Gasteiger partial charge in [-0.1, -0.05) is 48.5 Å². The monoisotopic (exact) mass is 558 g/mol. The van der Waals surface area contributed by atoms with Crippen LogP contribution >= 0.6 is 0 Å². The van der Waals surface area contributed by atoms with E-state index in [0.717, 1.165) is 21.9 Å². The predicted octanol–water partition coefficient (Wildman–Crippen LogP) is 5.52. The average Bonchev–Trinajstić information content (AvgIpc) is 2.90. The molecule has 0 N–H and O–H groups in total. The largest absolute Gasteiger partial charge is 0.489 e. The van der Waals surface area contributed by atoms with Gasteiger partial charge in [0.05, 0.1) is 24.0 Å². The molecule has 0 heterocycles. The van der Waals surface area contributed by atoms with Crippen LogP contribution in [0.1, 0.15) is 36.1 Å². The first-order valence-corrected chi connectivity index (χ1v) is 14.8. The zero-order valence-electron chi connectivity index (χ0n) is 21.1. The Labute approximate surface area is 224 Å². The first-order chi connectivity index (χ1) is 18.2. The summed E-state index contributed by atoms with van der Waals surface area (Å²) in [4.78, 5) is 0. The van der Waals surface area contributed by atoms with E-state index in [2.05, 4.69) is 8.37 Å². The van der Waals surface area contributed by atoms with Crippen LogP contribution in [0, 0.1) is 0 Å². The Morgan fingerprint density at radius 3 is 1.21 bits per heavy atom. The Hall–Kier alpha value is -3.44. The van der Waals surface area contributed by atoms with E-state index >= 15 is 0 Å². The highest BCUT2D eigenvalue weighted by molar-refractivity contribution is 7.90. The van der Waals surface area contributed by atoms with Crippen molar-refractivity contribution in [1.29, 1.82) is 0 Å². The molecule has 202 valence electrons. The number of rotatable bonds is 14. The van der Waals surface area contributed by atoms with Crippen molar-refractivity contribution in [3.8, 4) is 11.5 Å². The second-order valence-electron chi connectivity index (χ2n) is 7.94.